The van der Waals surface area contributed by atoms with Crippen LogP contribution in [0.4, 0.5) is 0 Å². The highest BCUT2D eigenvalue weighted by molar-refractivity contribution is 5.69. The summed E-state index contributed by atoms with van der Waals surface area (Å²) in [6.07, 6.45) is 9.26. The first-order chi connectivity index (χ1) is 7.83. The molecule has 2 nitrogen and oxygen atoms in total. The monoisotopic (exact) mass is 214 g/mol. The molecule has 0 fully saturated rings. The van der Waals surface area contributed by atoms with Crippen molar-refractivity contribution in [2.75, 3.05) is 6.61 Å². The van der Waals surface area contributed by atoms with Gasteiger partial charge in [0.1, 0.15) is 6.61 Å². The zero-order valence-corrected chi connectivity index (χ0v) is 9.06. The van der Waals surface area contributed by atoms with Crippen molar-refractivity contribution in [2.24, 2.45) is 0 Å². The van der Waals surface area contributed by atoms with Gasteiger partial charge < -0.3 is 4.74 Å². The first-order valence-corrected chi connectivity index (χ1v) is 5.13. The van der Waals surface area contributed by atoms with Gasteiger partial charge in [-0.3, -0.25) is 4.79 Å². The second kappa shape index (κ2) is 7.30. The first kappa shape index (κ1) is 12.1. The molecule has 16 heavy (non-hydrogen) atoms. The summed E-state index contributed by atoms with van der Waals surface area (Å²) in [4.78, 5) is 11.3. The zero-order chi connectivity index (χ0) is 11.6. The van der Waals surface area contributed by atoms with Crippen molar-refractivity contribution in [3.8, 4) is 12.3 Å². The quantitative estimate of drug-likeness (QED) is 0.555. The third kappa shape index (κ3) is 5.02. The van der Waals surface area contributed by atoms with Gasteiger partial charge in [0.25, 0.3) is 0 Å². The van der Waals surface area contributed by atoms with Crippen LogP contribution in [0.3, 0.4) is 0 Å². The van der Waals surface area contributed by atoms with Crippen molar-refractivity contribution in [2.45, 2.75) is 12.8 Å². The molecule has 0 radical (unpaired) electrons. The van der Waals surface area contributed by atoms with E-state index in [1.54, 1.807) is 6.08 Å². The molecule has 0 N–H and O–H groups in total. The van der Waals surface area contributed by atoms with E-state index in [0.29, 0.717) is 12.8 Å². The number of hydrogen-bond donors (Lipinski definition) is 0. The number of benzene rings is 1. The molecule has 0 heterocycles. The van der Waals surface area contributed by atoms with Gasteiger partial charge in [-0.2, -0.15) is 0 Å². The fourth-order valence-corrected chi connectivity index (χ4v) is 1.22. The summed E-state index contributed by atoms with van der Waals surface area (Å²) in [5, 5.41) is 0. The van der Waals surface area contributed by atoms with E-state index in [4.69, 9.17) is 11.2 Å². The normalized spacial score (nSPS) is 9.94. The average molecular weight is 214 g/mol. The molecule has 0 aliphatic carbocycles. The summed E-state index contributed by atoms with van der Waals surface area (Å²) in [6.45, 7) is 0.248. The molecule has 0 saturated heterocycles. The van der Waals surface area contributed by atoms with Gasteiger partial charge in [-0.05, 0) is 24.1 Å². The predicted octanol–water partition coefficient (Wildman–Crippen LogP) is 2.35. The summed E-state index contributed by atoms with van der Waals surface area (Å²) in [5.74, 6) is 2.12. The lowest BCUT2D eigenvalue weighted by Crippen LogP contribution is -2.05. The lowest BCUT2D eigenvalue weighted by Gasteiger charge is -2.01. The highest BCUT2D eigenvalue weighted by Crippen LogP contribution is 2.03. The van der Waals surface area contributed by atoms with Gasteiger partial charge in [0.2, 0.25) is 0 Å². The van der Waals surface area contributed by atoms with E-state index < -0.39 is 0 Å². The van der Waals surface area contributed by atoms with Gasteiger partial charge in [0.05, 0.1) is 0 Å². The van der Waals surface area contributed by atoms with Crippen LogP contribution in [0.1, 0.15) is 12.0 Å². The molecule has 0 aromatic heterocycles. The minimum atomic E-state index is -0.203. The van der Waals surface area contributed by atoms with Crippen LogP contribution in [0, 0.1) is 12.3 Å². The Bertz CT molecular complexity index is 385. The summed E-state index contributed by atoms with van der Waals surface area (Å²) in [5.41, 5.74) is 1.14. The second-order valence-corrected chi connectivity index (χ2v) is 3.24. The number of allylic oxidation sites excluding steroid dienone is 1. The standard InChI is InChI=1S/C14H14O2/c1-2-3-7-12-16-14(15)11-10-13-8-5-4-6-9-13/h1,3-9H,10-12H2/b7-3+. The molecular formula is C14H14O2. The summed E-state index contributed by atoms with van der Waals surface area (Å²) < 4.78 is 4.94. The highest BCUT2D eigenvalue weighted by atomic mass is 16.5. The van der Waals surface area contributed by atoms with Crippen LogP contribution in [0.5, 0.6) is 0 Å². The van der Waals surface area contributed by atoms with Crippen LogP contribution < -0.4 is 0 Å². The fraction of sp³-hybridized carbons (Fsp3) is 0.214. The van der Waals surface area contributed by atoms with Gasteiger partial charge in [0, 0.05) is 6.42 Å². The average Bonchev–Trinajstić information content (AvgIpc) is 2.33. The molecule has 0 unspecified atom stereocenters. The third-order valence-corrected chi connectivity index (χ3v) is 2.02. The fourth-order valence-electron chi connectivity index (χ4n) is 1.22. The number of carbonyl (C=O) groups is 1. The van der Waals surface area contributed by atoms with Gasteiger partial charge in [0.15, 0.2) is 0 Å². The Kier molecular flexibility index (Phi) is 5.51. The Morgan fingerprint density at radius 1 is 1.38 bits per heavy atom. The Morgan fingerprint density at radius 3 is 2.81 bits per heavy atom. The summed E-state index contributed by atoms with van der Waals surface area (Å²) in [7, 11) is 0. The van der Waals surface area contributed by atoms with Crippen LogP contribution >= 0.6 is 0 Å². The van der Waals surface area contributed by atoms with E-state index in [2.05, 4.69) is 5.92 Å². The van der Waals surface area contributed by atoms with Crippen molar-refractivity contribution in [1.29, 1.82) is 0 Å². The lowest BCUT2D eigenvalue weighted by atomic mass is 10.1. The van der Waals surface area contributed by atoms with E-state index >= 15 is 0 Å². The van der Waals surface area contributed by atoms with Gasteiger partial charge in [-0.15, -0.1) is 6.42 Å². The molecule has 0 amide bonds. The molecule has 1 aromatic carbocycles. The molecule has 2 heteroatoms. The number of rotatable bonds is 5. The number of esters is 1. The summed E-state index contributed by atoms with van der Waals surface area (Å²) >= 11 is 0. The zero-order valence-electron chi connectivity index (χ0n) is 9.06. The van der Waals surface area contributed by atoms with Gasteiger partial charge in [-0.1, -0.05) is 36.3 Å². The molecule has 0 atom stereocenters. The Balaban J connectivity index is 2.21. The minimum absolute atomic E-state index is 0.203. The molecule has 0 bridgehead atoms. The highest BCUT2D eigenvalue weighted by Gasteiger charge is 2.01. The van der Waals surface area contributed by atoms with Crippen LogP contribution in [0.2, 0.25) is 0 Å². The first-order valence-electron chi connectivity index (χ1n) is 5.13. The van der Waals surface area contributed by atoms with E-state index in [-0.39, 0.29) is 12.6 Å². The van der Waals surface area contributed by atoms with E-state index in [1.807, 2.05) is 30.3 Å². The van der Waals surface area contributed by atoms with Crippen molar-refractivity contribution in [1.82, 2.24) is 0 Å². The van der Waals surface area contributed by atoms with Crippen molar-refractivity contribution < 1.29 is 9.53 Å². The second-order valence-electron chi connectivity index (χ2n) is 3.24. The molecule has 0 spiro atoms. The molecule has 1 aromatic rings. The molecule has 1 rings (SSSR count). The smallest absolute Gasteiger partial charge is 0.306 e. The van der Waals surface area contributed by atoms with Crippen LogP contribution in [0.25, 0.3) is 0 Å². The van der Waals surface area contributed by atoms with E-state index in [1.165, 1.54) is 6.08 Å². The molecule has 0 saturated carbocycles. The maximum atomic E-state index is 11.3. The predicted molar refractivity (Wildman–Crippen MR) is 63.7 cm³/mol. The van der Waals surface area contributed by atoms with E-state index in [0.717, 1.165) is 5.56 Å². The number of ether oxygens (including phenoxy) is 1. The van der Waals surface area contributed by atoms with Crippen molar-refractivity contribution in [3.63, 3.8) is 0 Å². The lowest BCUT2D eigenvalue weighted by molar-refractivity contribution is -0.142. The minimum Gasteiger partial charge on any atom is -0.461 e. The van der Waals surface area contributed by atoms with Crippen LogP contribution in [-0.4, -0.2) is 12.6 Å². The number of carbonyl (C=O) groups excluding carboxylic acids is 1. The van der Waals surface area contributed by atoms with Gasteiger partial charge in [-0.25, -0.2) is 0 Å². The SMILES string of the molecule is C#C/C=C/COC(=O)CCc1ccccc1. The topological polar surface area (TPSA) is 26.3 Å². The number of terminal acetylenes is 1. The molecule has 82 valence electrons. The number of aryl methyl sites for hydroxylation is 1. The largest absolute Gasteiger partial charge is 0.461 e. The molecule has 0 aliphatic rings. The Labute approximate surface area is 95.9 Å². The van der Waals surface area contributed by atoms with E-state index in [9.17, 15) is 4.79 Å². The Morgan fingerprint density at radius 2 is 2.12 bits per heavy atom. The van der Waals surface area contributed by atoms with Crippen molar-refractivity contribution >= 4 is 5.97 Å². The maximum Gasteiger partial charge on any atom is 0.306 e. The third-order valence-electron chi connectivity index (χ3n) is 2.02. The summed E-state index contributed by atoms with van der Waals surface area (Å²) in [6, 6.07) is 9.84. The van der Waals surface area contributed by atoms with Crippen LogP contribution in [-0.2, 0) is 16.0 Å². The number of hydrogen-bond acceptors (Lipinski definition) is 2. The van der Waals surface area contributed by atoms with Gasteiger partial charge >= 0.3 is 5.97 Å². The van der Waals surface area contributed by atoms with Crippen LogP contribution in [0.15, 0.2) is 42.5 Å². The maximum absolute atomic E-state index is 11.3. The van der Waals surface area contributed by atoms with Crippen molar-refractivity contribution in [3.05, 3.63) is 48.0 Å². The molecule has 0 aliphatic heterocycles. The Hall–Kier alpha value is -2.01. The molecular weight excluding hydrogens is 200 g/mol.